The first-order chi connectivity index (χ1) is 6.09. The molecule has 0 unspecified atom stereocenters. The summed E-state index contributed by atoms with van der Waals surface area (Å²) in [5.74, 6) is 0. The predicted octanol–water partition coefficient (Wildman–Crippen LogP) is -2.60. The summed E-state index contributed by atoms with van der Waals surface area (Å²) >= 11 is 0. The summed E-state index contributed by atoms with van der Waals surface area (Å²) in [4.78, 5) is 17.4. The zero-order valence-electron chi connectivity index (χ0n) is 8.40. The van der Waals surface area contributed by atoms with E-state index in [0.29, 0.717) is 0 Å². The van der Waals surface area contributed by atoms with Crippen molar-refractivity contribution < 1.29 is 26.8 Å². The zero-order chi connectivity index (χ0) is 9.84. The van der Waals surface area contributed by atoms with Gasteiger partial charge in [0.05, 0.1) is 0 Å². The highest BCUT2D eigenvalue weighted by Gasteiger charge is 2.12. The Morgan fingerprint density at radius 3 is 2.64 bits per heavy atom. The molecule has 1 amide bonds. The van der Waals surface area contributed by atoms with Gasteiger partial charge in [-0.25, -0.2) is 4.79 Å². The van der Waals surface area contributed by atoms with Gasteiger partial charge >= 0.3 is 6.09 Å². The second kappa shape index (κ2) is 5.44. The van der Waals surface area contributed by atoms with E-state index in [9.17, 15) is 4.79 Å². The second-order valence-corrected chi connectivity index (χ2v) is 2.99. The van der Waals surface area contributed by atoms with Gasteiger partial charge < -0.3 is 17.3 Å². The van der Waals surface area contributed by atoms with Crippen molar-refractivity contribution in [1.29, 1.82) is 0 Å². The van der Waals surface area contributed by atoms with Crippen LogP contribution in [0.15, 0.2) is 24.5 Å². The monoisotopic (exact) mass is 216 g/mol. The summed E-state index contributed by atoms with van der Waals surface area (Å²) in [6.45, 7) is 1.93. The number of amides is 1. The van der Waals surface area contributed by atoms with Gasteiger partial charge in [0.1, 0.15) is 0 Å². The standard InChI is InChI=1S/C9H13N2O2.ClH/c1-8-5-4-6-11(7-8)13-9(12)10(2)3;/h4-7H,1-3H3;1H/q+1;/p-1. The molecule has 1 rings (SSSR count). The summed E-state index contributed by atoms with van der Waals surface area (Å²) in [6.07, 6.45) is 3.02. The number of nitrogens with zero attached hydrogens (tertiary/aromatic N) is 2. The first-order valence-electron chi connectivity index (χ1n) is 3.97. The lowest BCUT2D eigenvalue weighted by Crippen LogP contribution is -3.00. The molecule has 5 heteroatoms. The molecule has 14 heavy (non-hydrogen) atoms. The van der Waals surface area contributed by atoms with Crippen LogP contribution in [-0.4, -0.2) is 25.1 Å². The van der Waals surface area contributed by atoms with Crippen LogP contribution in [0.3, 0.4) is 0 Å². The lowest BCUT2D eigenvalue weighted by Gasteiger charge is -2.04. The van der Waals surface area contributed by atoms with Gasteiger partial charge in [0, 0.05) is 30.5 Å². The van der Waals surface area contributed by atoms with E-state index < -0.39 is 6.09 Å². The predicted molar refractivity (Wildman–Crippen MR) is 47.0 cm³/mol. The van der Waals surface area contributed by atoms with Crippen LogP contribution in [-0.2, 0) is 0 Å². The molecule has 0 atom stereocenters. The SMILES string of the molecule is Cc1ccc[n+](OC(=O)N(C)C)c1.[Cl-]. The summed E-state index contributed by atoms with van der Waals surface area (Å²) in [5, 5.41) is 0. The van der Waals surface area contributed by atoms with Crippen molar-refractivity contribution in [1.82, 2.24) is 4.90 Å². The van der Waals surface area contributed by atoms with E-state index in [0.717, 1.165) is 5.56 Å². The fourth-order valence-corrected chi connectivity index (χ4v) is 0.795. The van der Waals surface area contributed by atoms with E-state index in [1.165, 1.54) is 9.63 Å². The maximum absolute atomic E-state index is 11.1. The molecule has 1 heterocycles. The highest BCUT2D eigenvalue weighted by Crippen LogP contribution is 1.88. The number of pyridine rings is 1. The molecule has 1 aromatic rings. The largest absolute Gasteiger partial charge is 1.00 e. The lowest BCUT2D eigenvalue weighted by molar-refractivity contribution is -0.869. The van der Waals surface area contributed by atoms with Crippen molar-refractivity contribution in [2.75, 3.05) is 14.1 Å². The van der Waals surface area contributed by atoms with E-state index in [4.69, 9.17) is 4.84 Å². The fourth-order valence-electron chi connectivity index (χ4n) is 0.795. The van der Waals surface area contributed by atoms with Gasteiger partial charge in [-0.15, -0.1) is 0 Å². The number of halogens is 1. The average molecular weight is 217 g/mol. The van der Waals surface area contributed by atoms with Crippen molar-refractivity contribution in [2.24, 2.45) is 0 Å². The molecule has 0 aromatic carbocycles. The van der Waals surface area contributed by atoms with E-state index in [2.05, 4.69) is 0 Å². The van der Waals surface area contributed by atoms with Crippen LogP contribution >= 0.6 is 0 Å². The average Bonchev–Trinajstić information content (AvgIpc) is 2.04. The number of hydrogen-bond donors (Lipinski definition) is 0. The van der Waals surface area contributed by atoms with Gasteiger partial charge in [-0.3, -0.25) is 0 Å². The first kappa shape index (κ1) is 12.7. The molecule has 0 fully saturated rings. The summed E-state index contributed by atoms with van der Waals surface area (Å²) < 4.78 is 1.39. The zero-order valence-corrected chi connectivity index (χ0v) is 9.15. The molecule has 78 valence electrons. The highest BCUT2D eigenvalue weighted by molar-refractivity contribution is 5.66. The Labute approximate surface area is 89.5 Å². The normalized spacial score (nSPS) is 8.79. The van der Waals surface area contributed by atoms with Crippen LogP contribution in [0.2, 0.25) is 0 Å². The Morgan fingerprint density at radius 1 is 1.50 bits per heavy atom. The molecule has 0 spiro atoms. The van der Waals surface area contributed by atoms with Gasteiger partial charge in [0.15, 0.2) is 0 Å². The summed E-state index contributed by atoms with van der Waals surface area (Å²) in [6, 6.07) is 3.75. The smallest absolute Gasteiger partial charge is 0.477 e. The van der Waals surface area contributed by atoms with Crippen molar-refractivity contribution in [2.45, 2.75) is 6.92 Å². The molecular weight excluding hydrogens is 204 g/mol. The Balaban J connectivity index is 0.00000169. The second-order valence-electron chi connectivity index (χ2n) is 2.99. The highest BCUT2D eigenvalue weighted by atomic mass is 35.5. The molecule has 0 N–H and O–H groups in total. The molecule has 0 saturated carbocycles. The lowest BCUT2D eigenvalue weighted by atomic mass is 10.3. The molecular formula is C9H13ClN2O2. The number of hydrogen-bond acceptors (Lipinski definition) is 2. The Bertz CT molecular complexity index is 315. The van der Waals surface area contributed by atoms with Gasteiger partial charge in [0.25, 0.3) is 0 Å². The fraction of sp³-hybridized carbons (Fsp3) is 0.333. The molecule has 0 aliphatic carbocycles. The molecule has 1 aromatic heterocycles. The van der Waals surface area contributed by atoms with Crippen LogP contribution in [0.25, 0.3) is 0 Å². The Kier molecular flexibility index (Phi) is 4.94. The van der Waals surface area contributed by atoms with Crippen molar-refractivity contribution in [3.05, 3.63) is 30.1 Å². The minimum Gasteiger partial charge on any atom is -1.00 e. The minimum atomic E-state index is -0.393. The van der Waals surface area contributed by atoms with Gasteiger partial charge in [-0.05, 0) is 13.0 Å². The summed E-state index contributed by atoms with van der Waals surface area (Å²) in [5.41, 5.74) is 1.04. The van der Waals surface area contributed by atoms with Crippen molar-refractivity contribution in [3.8, 4) is 0 Å². The van der Waals surface area contributed by atoms with Crippen molar-refractivity contribution >= 4 is 6.09 Å². The topological polar surface area (TPSA) is 33.4 Å². The molecule has 0 radical (unpaired) electrons. The number of carbonyl (C=O) groups excluding carboxylic acids is 1. The van der Waals surface area contributed by atoms with Crippen LogP contribution in [0.1, 0.15) is 5.56 Å². The number of aromatic nitrogens is 1. The third-order valence-corrected chi connectivity index (χ3v) is 1.47. The number of rotatable bonds is 1. The molecule has 0 saturated heterocycles. The van der Waals surface area contributed by atoms with E-state index in [1.807, 2.05) is 19.1 Å². The van der Waals surface area contributed by atoms with E-state index in [1.54, 1.807) is 26.5 Å². The first-order valence-corrected chi connectivity index (χ1v) is 3.97. The van der Waals surface area contributed by atoms with Crippen LogP contribution in [0, 0.1) is 6.92 Å². The van der Waals surface area contributed by atoms with Crippen molar-refractivity contribution in [3.63, 3.8) is 0 Å². The summed E-state index contributed by atoms with van der Waals surface area (Å²) in [7, 11) is 3.28. The maximum Gasteiger partial charge on any atom is 0.477 e. The van der Waals surface area contributed by atoms with Gasteiger partial charge in [0.2, 0.25) is 12.4 Å². The van der Waals surface area contributed by atoms with E-state index in [-0.39, 0.29) is 12.4 Å². The number of aryl methyl sites for hydroxylation is 1. The quantitative estimate of drug-likeness (QED) is 0.483. The van der Waals surface area contributed by atoms with E-state index >= 15 is 0 Å². The van der Waals surface area contributed by atoms with Crippen LogP contribution in [0.4, 0.5) is 4.79 Å². The van der Waals surface area contributed by atoms with Gasteiger partial charge in [-0.2, -0.15) is 4.84 Å². The minimum absolute atomic E-state index is 0. The Morgan fingerprint density at radius 2 is 2.14 bits per heavy atom. The Hall–Kier alpha value is -1.29. The van der Waals surface area contributed by atoms with Crippen LogP contribution < -0.4 is 22.0 Å². The molecule has 0 bridgehead atoms. The van der Waals surface area contributed by atoms with Gasteiger partial charge in [-0.1, -0.05) is 0 Å². The third kappa shape index (κ3) is 3.62. The molecule has 4 nitrogen and oxygen atoms in total. The third-order valence-electron chi connectivity index (χ3n) is 1.47. The maximum atomic E-state index is 11.1. The van der Waals surface area contributed by atoms with Crippen LogP contribution in [0.5, 0.6) is 0 Å². The number of carbonyl (C=O) groups is 1. The molecule has 0 aliphatic heterocycles. The molecule has 0 aliphatic rings.